The van der Waals surface area contributed by atoms with E-state index in [2.05, 4.69) is 15.2 Å². The molecule has 158 valence electrons. The molecule has 0 bridgehead atoms. The van der Waals surface area contributed by atoms with Crippen molar-refractivity contribution in [1.29, 1.82) is 0 Å². The van der Waals surface area contributed by atoms with Crippen molar-refractivity contribution in [3.05, 3.63) is 34.8 Å². The lowest BCUT2D eigenvalue weighted by molar-refractivity contribution is -0.139. The van der Waals surface area contributed by atoms with Gasteiger partial charge in [0.15, 0.2) is 10.8 Å². The van der Waals surface area contributed by atoms with E-state index in [9.17, 15) is 18.3 Å². The minimum Gasteiger partial charge on any atom is -0.490 e. The quantitative estimate of drug-likeness (QED) is 0.380. The molecule has 0 saturated carbocycles. The first kappa shape index (κ1) is 21.3. The zero-order valence-electron chi connectivity index (χ0n) is 15.4. The van der Waals surface area contributed by atoms with Crippen LogP contribution in [0.15, 0.2) is 29.3 Å². The number of halogens is 3. The SMILES string of the molecule is CC(O)N=C(NO)c1nnc(N2CCC(Oc3ccccc3C(F)(F)F)CC2)s1. The Balaban J connectivity index is 1.62. The number of aliphatic hydroxyl groups is 1. The molecular weight excluding hydrogens is 411 g/mol. The van der Waals surface area contributed by atoms with Crippen LogP contribution in [0, 0.1) is 0 Å². The molecule has 1 atom stereocenters. The number of nitrogens with one attached hydrogen (secondary N) is 1. The number of aromatic nitrogens is 2. The molecule has 2 heterocycles. The van der Waals surface area contributed by atoms with E-state index < -0.39 is 18.0 Å². The Morgan fingerprint density at radius 3 is 2.62 bits per heavy atom. The molecule has 0 aliphatic carbocycles. The van der Waals surface area contributed by atoms with Crippen LogP contribution in [0.1, 0.15) is 30.3 Å². The van der Waals surface area contributed by atoms with Gasteiger partial charge >= 0.3 is 6.18 Å². The van der Waals surface area contributed by atoms with Gasteiger partial charge in [0.25, 0.3) is 0 Å². The predicted octanol–water partition coefficient (Wildman–Crippen LogP) is 2.67. The van der Waals surface area contributed by atoms with Crippen molar-refractivity contribution >= 4 is 22.3 Å². The van der Waals surface area contributed by atoms with Gasteiger partial charge in [0.2, 0.25) is 5.13 Å². The molecule has 1 aliphatic rings. The zero-order chi connectivity index (χ0) is 21.0. The van der Waals surface area contributed by atoms with Crippen molar-refractivity contribution in [3.63, 3.8) is 0 Å². The summed E-state index contributed by atoms with van der Waals surface area (Å²) in [7, 11) is 0. The molecule has 1 aromatic heterocycles. The second-order valence-electron chi connectivity index (χ2n) is 6.41. The number of ether oxygens (including phenoxy) is 1. The Bertz CT molecular complexity index is 851. The van der Waals surface area contributed by atoms with Crippen LogP contribution in [0.2, 0.25) is 0 Å². The minimum absolute atomic E-state index is 0.00530. The number of benzene rings is 1. The molecule has 3 N–H and O–H groups in total. The number of para-hydroxylation sites is 1. The van der Waals surface area contributed by atoms with E-state index >= 15 is 0 Å². The van der Waals surface area contributed by atoms with Gasteiger partial charge in [-0.25, -0.2) is 10.5 Å². The topological polar surface area (TPSA) is 103 Å². The molecule has 12 heteroatoms. The molecule has 29 heavy (non-hydrogen) atoms. The van der Waals surface area contributed by atoms with Gasteiger partial charge in [-0.05, 0) is 19.1 Å². The summed E-state index contributed by atoms with van der Waals surface area (Å²) in [6, 6.07) is 5.19. The van der Waals surface area contributed by atoms with Gasteiger partial charge < -0.3 is 14.7 Å². The first-order valence-electron chi connectivity index (χ1n) is 8.85. The second-order valence-corrected chi connectivity index (χ2v) is 7.37. The first-order valence-corrected chi connectivity index (χ1v) is 9.67. The van der Waals surface area contributed by atoms with Crippen molar-refractivity contribution in [1.82, 2.24) is 15.7 Å². The fourth-order valence-electron chi connectivity index (χ4n) is 2.91. The van der Waals surface area contributed by atoms with Crippen LogP contribution in [0.4, 0.5) is 18.3 Å². The molecule has 1 saturated heterocycles. The third-order valence-electron chi connectivity index (χ3n) is 4.24. The fourth-order valence-corrected chi connectivity index (χ4v) is 3.75. The van der Waals surface area contributed by atoms with E-state index in [0.29, 0.717) is 36.1 Å². The minimum atomic E-state index is -4.47. The number of amidine groups is 1. The molecule has 1 aliphatic heterocycles. The number of hydrogen-bond donors (Lipinski definition) is 3. The molecule has 2 aromatic rings. The number of aliphatic hydroxyl groups excluding tert-OH is 1. The monoisotopic (exact) mass is 431 g/mol. The fraction of sp³-hybridized carbons (Fsp3) is 0.471. The summed E-state index contributed by atoms with van der Waals surface area (Å²) >= 11 is 1.17. The van der Waals surface area contributed by atoms with E-state index in [0.717, 1.165) is 6.07 Å². The Morgan fingerprint density at radius 2 is 2.00 bits per heavy atom. The summed E-state index contributed by atoms with van der Waals surface area (Å²) in [6.07, 6.45) is -4.79. The maximum atomic E-state index is 13.1. The van der Waals surface area contributed by atoms with Crippen molar-refractivity contribution in [2.24, 2.45) is 4.99 Å². The number of hydroxylamine groups is 1. The number of alkyl halides is 3. The van der Waals surface area contributed by atoms with Crippen LogP contribution in [0.3, 0.4) is 0 Å². The van der Waals surface area contributed by atoms with E-state index in [1.807, 2.05) is 10.4 Å². The van der Waals surface area contributed by atoms with Crippen LogP contribution in [-0.2, 0) is 6.18 Å². The molecule has 1 fully saturated rings. The summed E-state index contributed by atoms with van der Waals surface area (Å²) in [5.74, 6) is -0.157. The van der Waals surface area contributed by atoms with E-state index in [4.69, 9.17) is 9.94 Å². The molecule has 8 nitrogen and oxygen atoms in total. The largest absolute Gasteiger partial charge is 0.490 e. The molecular formula is C17H20F3N5O3S. The van der Waals surface area contributed by atoms with Gasteiger partial charge in [0.05, 0.1) is 5.56 Å². The van der Waals surface area contributed by atoms with Crippen LogP contribution >= 0.6 is 11.3 Å². The summed E-state index contributed by atoms with van der Waals surface area (Å²) in [6.45, 7) is 2.49. The molecule has 3 rings (SSSR count). The highest BCUT2D eigenvalue weighted by atomic mass is 32.1. The smallest absolute Gasteiger partial charge is 0.419 e. The van der Waals surface area contributed by atoms with Gasteiger partial charge in [-0.3, -0.25) is 5.21 Å². The van der Waals surface area contributed by atoms with Gasteiger partial charge in [-0.15, -0.1) is 10.2 Å². The molecule has 1 aromatic carbocycles. The normalized spacial score (nSPS) is 17.3. The van der Waals surface area contributed by atoms with Crippen LogP contribution in [0.25, 0.3) is 0 Å². The van der Waals surface area contributed by atoms with Gasteiger partial charge in [0.1, 0.15) is 18.1 Å². The highest BCUT2D eigenvalue weighted by Gasteiger charge is 2.35. The van der Waals surface area contributed by atoms with Gasteiger partial charge in [-0.1, -0.05) is 23.5 Å². The summed E-state index contributed by atoms with van der Waals surface area (Å²) in [4.78, 5) is 5.74. The highest BCUT2D eigenvalue weighted by molar-refractivity contribution is 7.17. The lowest BCUT2D eigenvalue weighted by Crippen LogP contribution is -2.38. The lowest BCUT2D eigenvalue weighted by atomic mass is 10.1. The number of rotatable bonds is 5. The Labute approximate surface area is 168 Å². The number of nitrogens with zero attached hydrogens (tertiary/aromatic N) is 4. The molecule has 0 radical (unpaired) electrons. The van der Waals surface area contributed by atoms with Crippen molar-refractivity contribution in [3.8, 4) is 5.75 Å². The first-order chi connectivity index (χ1) is 13.8. The molecule has 0 spiro atoms. The Hall–Kier alpha value is -2.44. The Kier molecular flexibility index (Phi) is 6.55. The third-order valence-corrected chi connectivity index (χ3v) is 5.23. The zero-order valence-corrected chi connectivity index (χ0v) is 16.2. The van der Waals surface area contributed by atoms with Crippen LogP contribution < -0.4 is 15.1 Å². The standard InChI is InChI=1S/C17H20F3N5O3S/c1-10(26)21-14(24-27)15-22-23-16(29-15)25-8-6-11(7-9-25)28-13-5-3-2-4-12(13)17(18,19)20/h2-5,10-11,26-27H,6-9H2,1H3,(H,21,24). The number of aliphatic imine (C=N–C) groups is 1. The summed E-state index contributed by atoms with van der Waals surface area (Å²) in [5, 5.41) is 27.4. The van der Waals surface area contributed by atoms with Crippen LogP contribution in [-0.4, -0.2) is 51.8 Å². The van der Waals surface area contributed by atoms with E-state index in [1.165, 1.54) is 36.5 Å². The summed E-state index contributed by atoms with van der Waals surface area (Å²) < 4.78 is 45.0. The average molecular weight is 431 g/mol. The average Bonchev–Trinajstić information content (AvgIpc) is 3.16. The summed E-state index contributed by atoms with van der Waals surface area (Å²) in [5.41, 5.74) is 1.11. The Morgan fingerprint density at radius 1 is 1.31 bits per heavy atom. The van der Waals surface area contributed by atoms with E-state index in [-0.39, 0.29) is 17.7 Å². The van der Waals surface area contributed by atoms with Gasteiger partial charge in [0, 0.05) is 25.9 Å². The van der Waals surface area contributed by atoms with Crippen LogP contribution in [0.5, 0.6) is 5.75 Å². The number of anilines is 1. The van der Waals surface area contributed by atoms with Crippen molar-refractivity contribution in [2.45, 2.75) is 38.3 Å². The second kappa shape index (κ2) is 8.93. The number of hydrogen-bond acceptors (Lipinski definition) is 8. The predicted molar refractivity (Wildman–Crippen MR) is 100 cm³/mol. The number of piperidine rings is 1. The van der Waals surface area contributed by atoms with Gasteiger partial charge in [-0.2, -0.15) is 13.2 Å². The molecule has 1 unspecified atom stereocenters. The van der Waals surface area contributed by atoms with Crippen molar-refractivity contribution < 1.29 is 28.2 Å². The van der Waals surface area contributed by atoms with Crippen molar-refractivity contribution in [2.75, 3.05) is 18.0 Å². The third kappa shape index (κ3) is 5.34. The lowest BCUT2D eigenvalue weighted by Gasteiger charge is -2.32. The molecule has 0 amide bonds. The maximum Gasteiger partial charge on any atom is 0.419 e. The maximum absolute atomic E-state index is 13.1. The highest BCUT2D eigenvalue weighted by Crippen LogP contribution is 2.37. The van der Waals surface area contributed by atoms with E-state index in [1.54, 1.807) is 0 Å².